The van der Waals surface area contributed by atoms with Gasteiger partial charge in [0.15, 0.2) is 0 Å². The van der Waals surface area contributed by atoms with Gasteiger partial charge in [-0.15, -0.1) is 11.6 Å². The molecule has 3 aromatic rings. The fourth-order valence-electron chi connectivity index (χ4n) is 2.20. The van der Waals surface area contributed by atoms with E-state index >= 15 is 0 Å². The second-order valence-electron chi connectivity index (χ2n) is 4.68. The summed E-state index contributed by atoms with van der Waals surface area (Å²) in [5, 5.41) is 0. The smallest absolute Gasteiger partial charge is 0.100 e. The fourth-order valence-corrected chi connectivity index (χ4v) is 2.43. The molecule has 0 saturated carbocycles. The highest BCUT2D eigenvalue weighted by molar-refractivity contribution is 6.17. The van der Waals surface area contributed by atoms with Crippen molar-refractivity contribution in [3.05, 3.63) is 53.6 Å². The van der Waals surface area contributed by atoms with Crippen LogP contribution in [0.2, 0.25) is 0 Å². The van der Waals surface area contributed by atoms with Gasteiger partial charge in [-0.3, -0.25) is 9.55 Å². The highest BCUT2D eigenvalue weighted by Gasteiger charge is 2.09. The van der Waals surface area contributed by atoms with Crippen molar-refractivity contribution in [1.29, 1.82) is 0 Å². The largest absolute Gasteiger partial charge is 0.297 e. The maximum Gasteiger partial charge on any atom is 0.100 e. The number of halogens is 1. The van der Waals surface area contributed by atoms with E-state index in [0.29, 0.717) is 5.88 Å². The first-order chi connectivity index (χ1) is 9.20. The minimum Gasteiger partial charge on any atom is -0.297 e. The Morgan fingerprint density at radius 3 is 2.79 bits per heavy atom. The lowest BCUT2D eigenvalue weighted by atomic mass is 10.1. The predicted molar refractivity (Wildman–Crippen MR) is 77.9 cm³/mol. The first-order valence-corrected chi connectivity index (χ1v) is 6.67. The van der Waals surface area contributed by atoms with E-state index in [1.807, 2.05) is 23.2 Å². The third-order valence-electron chi connectivity index (χ3n) is 3.45. The highest BCUT2D eigenvalue weighted by Crippen LogP contribution is 2.23. The van der Waals surface area contributed by atoms with E-state index < -0.39 is 0 Å². The Bertz CT molecular complexity index is 746. The van der Waals surface area contributed by atoms with E-state index in [0.717, 1.165) is 22.3 Å². The number of nitrogens with zero attached hydrogens (tertiary/aromatic N) is 3. The summed E-state index contributed by atoms with van der Waals surface area (Å²) in [6.45, 7) is 4.21. The molecule has 19 heavy (non-hydrogen) atoms. The van der Waals surface area contributed by atoms with E-state index in [-0.39, 0.29) is 0 Å². The van der Waals surface area contributed by atoms with E-state index in [1.165, 1.54) is 11.1 Å². The first-order valence-electron chi connectivity index (χ1n) is 6.14. The molecule has 3 rings (SSSR count). The maximum absolute atomic E-state index is 6.00. The molecular formula is C15H14ClN3. The zero-order valence-electron chi connectivity index (χ0n) is 10.9. The number of rotatable bonds is 2. The predicted octanol–water partition coefficient (Wildman–Crippen LogP) is 3.78. The van der Waals surface area contributed by atoms with Crippen LogP contribution >= 0.6 is 11.6 Å². The average Bonchev–Trinajstić information content (AvgIpc) is 2.82. The number of fused-ring (bicyclic) bond motifs is 1. The molecule has 0 saturated heterocycles. The molecule has 4 heteroatoms. The summed E-state index contributed by atoms with van der Waals surface area (Å²) >= 11 is 6.00. The van der Waals surface area contributed by atoms with Crippen LogP contribution in [0.4, 0.5) is 0 Å². The van der Waals surface area contributed by atoms with Crippen molar-refractivity contribution in [3.8, 4) is 5.69 Å². The molecule has 0 aliphatic heterocycles. The Morgan fingerprint density at radius 1 is 1.21 bits per heavy atom. The molecule has 0 aliphatic carbocycles. The molecule has 1 aromatic carbocycles. The van der Waals surface area contributed by atoms with Crippen molar-refractivity contribution in [1.82, 2.24) is 14.5 Å². The summed E-state index contributed by atoms with van der Waals surface area (Å²) < 4.78 is 2.05. The van der Waals surface area contributed by atoms with Crippen LogP contribution in [0, 0.1) is 13.8 Å². The lowest BCUT2D eigenvalue weighted by molar-refractivity contribution is 1.04. The number of hydrogen-bond donors (Lipinski definition) is 0. The molecule has 3 nitrogen and oxygen atoms in total. The van der Waals surface area contributed by atoms with Gasteiger partial charge >= 0.3 is 0 Å². The van der Waals surface area contributed by atoms with Crippen LogP contribution in [0.1, 0.15) is 16.7 Å². The molecule has 0 fully saturated rings. The molecule has 0 radical (unpaired) electrons. The minimum absolute atomic E-state index is 0.461. The molecule has 0 aliphatic rings. The molecule has 2 aromatic heterocycles. The van der Waals surface area contributed by atoms with Gasteiger partial charge in [0.25, 0.3) is 0 Å². The highest BCUT2D eigenvalue weighted by atomic mass is 35.5. The Hall–Kier alpha value is -1.87. The van der Waals surface area contributed by atoms with Crippen molar-refractivity contribution < 1.29 is 0 Å². The monoisotopic (exact) mass is 271 g/mol. The molecule has 0 atom stereocenters. The van der Waals surface area contributed by atoms with Crippen molar-refractivity contribution in [2.24, 2.45) is 0 Å². The number of pyridine rings is 1. The van der Waals surface area contributed by atoms with Gasteiger partial charge in [-0.2, -0.15) is 0 Å². The van der Waals surface area contributed by atoms with Crippen molar-refractivity contribution in [2.45, 2.75) is 19.7 Å². The molecular weight excluding hydrogens is 258 g/mol. The van der Waals surface area contributed by atoms with Gasteiger partial charge in [0.1, 0.15) is 6.33 Å². The standard InChI is InChI=1S/C15H14ClN3/c1-10-5-13-14(6-11(10)2)19(9-18-13)15-8-17-4-3-12(15)7-16/h3-6,8-9H,7H2,1-2H3. The normalized spacial score (nSPS) is 11.1. The van der Waals surface area contributed by atoms with Gasteiger partial charge < -0.3 is 0 Å². The number of aryl methyl sites for hydroxylation is 2. The quantitative estimate of drug-likeness (QED) is 0.664. The number of hydrogen-bond acceptors (Lipinski definition) is 2. The fraction of sp³-hybridized carbons (Fsp3) is 0.200. The Kier molecular flexibility index (Phi) is 2.99. The Labute approximate surface area is 116 Å². The van der Waals surface area contributed by atoms with Gasteiger partial charge in [0.2, 0.25) is 0 Å². The third-order valence-corrected chi connectivity index (χ3v) is 3.74. The van der Waals surface area contributed by atoms with E-state index in [1.54, 1.807) is 6.20 Å². The van der Waals surface area contributed by atoms with Crippen LogP contribution < -0.4 is 0 Å². The first kappa shape index (κ1) is 12.2. The molecule has 2 heterocycles. The van der Waals surface area contributed by atoms with Gasteiger partial charge in [-0.1, -0.05) is 0 Å². The van der Waals surface area contributed by atoms with E-state index in [4.69, 9.17) is 11.6 Å². The van der Waals surface area contributed by atoms with E-state index in [2.05, 4.69) is 35.9 Å². The molecule has 0 N–H and O–H groups in total. The Morgan fingerprint density at radius 2 is 2.00 bits per heavy atom. The van der Waals surface area contributed by atoms with Crippen LogP contribution in [-0.4, -0.2) is 14.5 Å². The van der Waals surface area contributed by atoms with Crippen LogP contribution in [0.5, 0.6) is 0 Å². The van der Waals surface area contributed by atoms with Gasteiger partial charge in [0, 0.05) is 12.1 Å². The number of imidazole rings is 1. The molecule has 0 amide bonds. The second-order valence-corrected chi connectivity index (χ2v) is 4.95. The summed E-state index contributed by atoms with van der Waals surface area (Å²) in [6, 6.07) is 6.20. The van der Waals surface area contributed by atoms with Gasteiger partial charge in [-0.05, 0) is 48.7 Å². The molecule has 96 valence electrons. The van der Waals surface area contributed by atoms with E-state index in [9.17, 15) is 0 Å². The molecule has 0 bridgehead atoms. The van der Waals surface area contributed by atoms with Gasteiger partial charge in [-0.25, -0.2) is 4.98 Å². The summed E-state index contributed by atoms with van der Waals surface area (Å²) in [5.41, 5.74) is 6.62. The second kappa shape index (κ2) is 4.67. The number of aromatic nitrogens is 3. The molecule has 0 unspecified atom stereocenters. The van der Waals surface area contributed by atoms with Crippen LogP contribution in [0.25, 0.3) is 16.7 Å². The number of alkyl halides is 1. The van der Waals surface area contributed by atoms with Crippen LogP contribution in [-0.2, 0) is 5.88 Å². The zero-order chi connectivity index (χ0) is 13.4. The zero-order valence-corrected chi connectivity index (χ0v) is 11.6. The molecule has 0 spiro atoms. The topological polar surface area (TPSA) is 30.7 Å². The minimum atomic E-state index is 0.461. The lowest BCUT2D eigenvalue weighted by Gasteiger charge is -2.09. The van der Waals surface area contributed by atoms with Crippen LogP contribution in [0.3, 0.4) is 0 Å². The summed E-state index contributed by atoms with van der Waals surface area (Å²) in [7, 11) is 0. The van der Waals surface area contributed by atoms with Gasteiger partial charge in [0.05, 0.1) is 22.9 Å². The average molecular weight is 272 g/mol. The summed E-state index contributed by atoms with van der Waals surface area (Å²) in [6.07, 6.45) is 5.42. The lowest BCUT2D eigenvalue weighted by Crippen LogP contribution is -1.98. The summed E-state index contributed by atoms with van der Waals surface area (Å²) in [4.78, 5) is 8.65. The van der Waals surface area contributed by atoms with Crippen molar-refractivity contribution in [2.75, 3.05) is 0 Å². The maximum atomic E-state index is 6.00. The Balaban J connectivity index is 2.28. The summed E-state index contributed by atoms with van der Waals surface area (Å²) in [5.74, 6) is 0.461. The SMILES string of the molecule is Cc1cc2ncn(-c3cnccc3CCl)c2cc1C. The number of benzene rings is 1. The van der Waals surface area contributed by atoms with Crippen molar-refractivity contribution >= 4 is 22.6 Å². The third kappa shape index (κ3) is 2.00. The van der Waals surface area contributed by atoms with Crippen molar-refractivity contribution in [3.63, 3.8) is 0 Å². The van der Waals surface area contributed by atoms with Crippen LogP contribution in [0.15, 0.2) is 36.9 Å².